The Morgan fingerprint density at radius 3 is 2.52 bits per heavy atom. The van der Waals surface area contributed by atoms with Crippen molar-refractivity contribution in [2.45, 2.75) is 19.8 Å². The number of halogens is 1. The number of oxazole rings is 1. The first kappa shape index (κ1) is 20.9. The normalized spacial score (nSPS) is 11.6. The van der Waals surface area contributed by atoms with Gasteiger partial charge in [-0.1, -0.05) is 55.3 Å². The SMILES string of the molecule is CCCCOc1ccc(C(=O)/C(=C/c2ccccc2Cl)c2nc3ccccc3o2)cc1. The van der Waals surface area contributed by atoms with Crippen molar-refractivity contribution in [1.82, 2.24) is 4.98 Å². The monoisotopic (exact) mass is 431 g/mol. The fourth-order valence-electron chi connectivity index (χ4n) is 3.15. The van der Waals surface area contributed by atoms with Crippen LogP contribution in [0, 0.1) is 0 Å². The minimum absolute atomic E-state index is 0.202. The molecule has 31 heavy (non-hydrogen) atoms. The minimum Gasteiger partial charge on any atom is -0.494 e. The van der Waals surface area contributed by atoms with E-state index in [0.717, 1.165) is 18.6 Å². The lowest BCUT2D eigenvalue weighted by Crippen LogP contribution is -2.04. The zero-order valence-corrected chi connectivity index (χ0v) is 17.9. The molecular formula is C26H22ClNO3. The van der Waals surface area contributed by atoms with Crippen molar-refractivity contribution in [2.75, 3.05) is 6.61 Å². The highest BCUT2D eigenvalue weighted by molar-refractivity contribution is 6.35. The first-order valence-electron chi connectivity index (χ1n) is 10.3. The molecule has 0 aliphatic heterocycles. The molecule has 0 atom stereocenters. The highest BCUT2D eigenvalue weighted by atomic mass is 35.5. The summed E-state index contributed by atoms with van der Waals surface area (Å²) in [5.74, 6) is 0.796. The number of fused-ring (bicyclic) bond motifs is 1. The number of rotatable bonds is 8. The van der Waals surface area contributed by atoms with Crippen molar-refractivity contribution in [1.29, 1.82) is 0 Å². The van der Waals surface area contributed by atoms with Gasteiger partial charge in [0.05, 0.1) is 12.2 Å². The lowest BCUT2D eigenvalue weighted by Gasteiger charge is -2.08. The molecule has 1 aromatic heterocycles. The number of nitrogens with zero attached hydrogens (tertiary/aromatic N) is 1. The molecule has 0 saturated heterocycles. The van der Waals surface area contributed by atoms with Crippen LogP contribution in [0.5, 0.6) is 5.75 Å². The topological polar surface area (TPSA) is 52.3 Å². The molecule has 4 rings (SSSR count). The number of allylic oxidation sites excluding steroid dienone is 1. The van der Waals surface area contributed by atoms with Gasteiger partial charge in [0.1, 0.15) is 11.3 Å². The standard InChI is InChI=1S/C26H22ClNO3/c1-2-3-16-30-20-14-12-18(13-15-20)25(29)21(17-19-8-4-5-9-22(19)27)26-28-23-10-6-7-11-24(23)31-26/h4-15,17H,2-3,16H2,1H3/b21-17-. The molecule has 5 heteroatoms. The van der Waals surface area contributed by atoms with Crippen LogP contribution in [0.15, 0.2) is 77.2 Å². The lowest BCUT2D eigenvalue weighted by molar-refractivity contribution is 0.105. The van der Waals surface area contributed by atoms with E-state index in [2.05, 4.69) is 11.9 Å². The van der Waals surface area contributed by atoms with Gasteiger partial charge in [0.2, 0.25) is 5.89 Å². The molecule has 0 saturated carbocycles. The smallest absolute Gasteiger partial charge is 0.231 e. The maximum atomic E-state index is 13.5. The van der Waals surface area contributed by atoms with E-state index >= 15 is 0 Å². The van der Waals surface area contributed by atoms with E-state index in [9.17, 15) is 4.79 Å². The van der Waals surface area contributed by atoms with Gasteiger partial charge in [-0.3, -0.25) is 4.79 Å². The average molecular weight is 432 g/mol. The maximum absolute atomic E-state index is 13.5. The molecule has 0 aliphatic carbocycles. The van der Waals surface area contributed by atoms with Gasteiger partial charge >= 0.3 is 0 Å². The van der Waals surface area contributed by atoms with Gasteiger partial charge in [0.15, 0.2) is 11.4 Å². The third kappa shape index (κ3) is 4.86. The molecule has 4 aromatic rings. The minimum atomic E-state index is -0.202. The Bertz CT molecular complexity index is 1190. The van der Waals surface area contributed by atoms with Crippen molar-refractivity contribution < 1.29 is 13.9 Å². The number of Topliss-reactive ketones (excluding diaryl/α,β-unsaturated/α-hetero) is 1. The van der Waals surface area contributed by atoms with Gasteiger partial charge in [-0.2, -0.15) is 0 Å². The highest BCUT2D eigenvalue weighted by Gasteiger charge is 2.21. The van der Waals surface area contributed by atoms with Gasteiger partial charge < -0.3 is 9.15 Å². The van der Waals surface area contributed by atoms with E-state index in [1.807, 2.05) is 54.6 Å². The number of ether oxygens (including phenoxy) is 1. The van der Waals surface area contributed by atoms with Crippen molar-refractivity contribution >= 4 is 40.1 Å². The summed E-state index contributed by atoms with van der Waals surface area (Å²) in [7, 11) is 0. The van der Waals surface area contributed by atoms with E-state index in [-0.39, 0.29) is 11.7 Å². The largest absolute Gasteiger partial charge is 0.494 e. The zero-order chi connectivity index (χ0) is 21.6. The number of ketones is 1. The van der Waals surface area contributed by atoms with E-state index < -0.39 is 0 Å². The second-order valence-electron chi connectivity index (χ2n) is 7.12. The lowest BCUT2D eigenvalue weighted by atomic mass is 10.0. The number of hydrogen-bond acceptors (Lipinski definition) is 4. The highest BCUT2D eigenvalue weighted by Crippen LogP contribution is 2.28. The average Bonchev–Trinajstić information content (AvgIpc) is 3.23. The van der Waals surface area contributed by atoms with Gasteiger partial charge in [-0.15, -0.1) is 0 Å². The van der Waals surface area contributed by atoms with Gasteiger partial charge in [0, 0.05) is 10.6 Å². The maximum Gasteiger partial charge on any atom is 0.231 e. The van der Waals surface area contributed by atoms with Crippen molar-refractivity contribution in [3.05, 3.63) is 94.8 Å². The van der Waals surface area contributed by atoms with Crippen LogP contribution in [-0.2, 0) is 0 Å². The molecule has 0 amide bonds. The number of benzene rings is 3. The quantitative estimate of drug-likeness (QED) is 0.170. The fraction of sp³-hybridized carbons (Fsp3) is 0.154. The summed E-state index contributed by atoms with van der Waals surface area (Å²) in [6.45, 7) is 2.77. The van der Waals surface area contributed by atoms with E-state index in [0.29, 0.717) is 39.4 Å². The number of unbranched alkanes of at least 4 members (excludes halogenated alkanes) is 1. The fourth-order valence-corrected chi connectivity index (χ4v) is 3.34. The molecule has 156 valence electrons. The van der Waals surface area contributed by atoms with Gasteiger partial charge in [0.25, 0.3) is 0 Å². The molecule has 0 spiro atoms. The third-order valence-electron chi connectivity index (χ3n) is 4.86. The number of hydrogen-bond donors (Lipinski definition) is 0. The molecule has 4 nitrogen and oxygen atoms in total. The van der Waals surface area contributed by atoms with Crippen LogP contribution in [-0.4, -0.2) is 17.4 Å². The Hall–Kier alpha value is -3.37. The molecule has 0 N–H and O–H groups in total. The molecule has 0 unspecified atom stereocenters. The predicted molar refractivity (Wildman–Crippen MR) is 125 cm³/mol. The van der Waals surface area contributed by atoms with Crippen LogP contribution in [0.25, 0.3) is 22.7 Å². The summed E-state index contributed by atoms with van der Waals surface area (Å²) in [5.41, 5.74) is 2.88. The second kappa shape index (κ2) is 9.63. The summed E-state index contributed by atoms with van der Waals surface area (Å²) in [6, 6.07) is 21.9. The van der Waals surface area contributed by atoms with E-state index in [1.165, 1.54) is 0 Å². The molecular weight excluding hydrogens is 410 g/mol. The van der Waals surface area contributed by atoms with Crippen LogP contribution in [0.3, 0.4) is 0 Å². The Morgan fingerprint density at radius 2 is 1.77 bits per heavy atom. The molecule has 1 heterocycles. The zero-order valence-electron chi connectivity index (χ0n) is 17.2. The molecule has 0 aliphatic rings. The van der Waals surface area contributed by atoms with E-state index in [4.69, 9.17) is 20.8 Å². The Balaban J connectivity index is 1.72. The number of para-hydroxylation sites is 2. The molecule has 0 fully saturated rings. The van der Waals surface area contributed by atoms with E-state index in [1.54, 1.807) is 24.3 Å². The van der Waals surface area contributed by atoms with Gasteiger partial charge in [-0.25, -0.2) is 4.98 Å². The summed E-state index contributed by atoms with van der Waals surface area (Å²) in [4.78, 5) is 18.0. The van der Waals surface area contributed by atoms with Gasteiger partial charge in [-0.05, 0) is 60.5 Å². The van der Waals surface area contributed by atoms with Crippen LogP contribution < -0.4 is 4.74 Å². The molecule has 0 radical (unpaired) electrons. The van der Waals surface area contributed by atoms with Crippen LogP contribution >= 0.6 is 11.6 Å². The summed E-state index contributed by atoms with van der Waals surface area (Å²) >= 11 is 6.34. The van der Waals surface area contributed by atoms with Crippen LogP contribution in [0.4, 0.5) is 0 Å². The summed E-state index contributed by atoms with van der Waals surface area (Å²) in [5, 5.41) is 0.545. The Morgan fingerprint density at radius 1 is 1.03 bits per heavy atom. The Labute approximate surface area is 186 Å². The third-order valence-corrected chi connectivity index (χ3v) is 5.20. The number of carbonyl (C=O) groups is 1. The first-order chi connectivity index (χ1) is 15.2. The summed E-state index contributed by atoms with van der Waals surface area (Å²) < 4.78 is 11.6. The second-order valence-corrected chi connectivity index (χ2v) is 7.53. The van der Waals surface area contributed by atoms with Crippen molar-refractivity contribution in [3.8, 4) is 5.75 Å². The number of aromatic nitrogens is 1. The van der Waals surface area contributed by atoms with Crippen molar-refractivity contribution in [2.24, 2.45) is 0 Å². The Kier molecular flexibility index (Phi) is 6.48. The molecule has 3 aromatic carbocycles. The number of carbonyl (C=O) groups excluding carboxylic acids is 1. The van der Waals surface area contributed by atoms with Crippen molar-refractivity contribution in [3.63, 3.8) is 0 Å². The van der Waals surface area contributed by atoms with Crippen LogP contribution in [0.2, 0.25) is 5.02 Å². The predicted octanol–water partition coefficient (Wildman–Crippen LogP) is 7.08. The van der Waals surface area contributed by atoms with Crippen LogP contribution in [0.1, 0.15) is 41.6 Å². The first-order valence-corrected chi connectivity index (χ1v) is 10.6. The molecule has 0 bridgehead atoms. The summed E-state index contributed by atoms with van der Waals surface area (Å²) in [6.07, 6.45) is 3.78.